The van der Waals surface area contributed by atoms with Gasteiger partial charge in [0.2, 0.25) is 0 Å². The minimum Gasteiger partial charge on any atom is -0.327 e. The first-order chi connectivity index (χ1) is 28.5. The molecular weight excluding hydrogens is 749 g/mol. The number of hydrogen-bond acceptors (Lipinski definition) is 6. The van der Waals surface area contributed by atoms with Crippen LogP contribution in [0.25, 0.3) is 0 Å². The Morgan fingerprint density at radius 2 is 0.741 bits per heavy atom. The van der Waals surface area contributed by atoms with E-state index in [1.54, 1.807) is 0 Å². The SMILES string of the molecule is Cc1ccc(N2C(=Nc3ccccc3)SCCCCCCSC(=Nc3ccccc3)N(c3ccc(C)cc3)/C(N(C)c3ccccc3)=C\2N(C)c2ccccc2)cc1. The van der Waals surface area contributed by atoms with Crippen molar-refractivity contribution in [3.05, 3.63) is 193 Å². The van der Waals surface area contributed by atoms with Gasteiger partial charge in [0.25, 0.3) is 0 Å². The fourth-order valence-corrected chi connectivity index (χ4v) is 8.83. The summed E-state index contributed by atoms with van der Waals surface area (Å²) in [5.41, 5.74) is 8.29. The van der Waals surface area contributed by atoms with Crippen molar-refractivity contribution in [1.29, 1.82) is 0 Å². The highest BCUT2D eigenvalue weighted by Gasteiger charge is 2.35. The van der Waals surface area contributed by atoms with E-state index in [1.165, 1.54) is 11.1 Å². The molecule has 7 rings (SSSR count). The topological polar surface area (TPSA) is 37.7 Å². The third kappa shape index (κ3) is 10.2. The van der Waals surface area contributed by atoms with E-state index in [2.05, 4.69) is 205 Å². The fourth-order valence-electron chi connectivity index (χ4n) is 6.79. The van der Waals surface area contributed by atoms with E-state index in [4.69, 9.17) is 9.98 Å². The molecule has 0 unspecified atom stereocenters. The molecule has 1 aliphatic rings. The van der Waals surface area contributed by atoms with Crippen molar-refractivity contribution >= 4 is 68.0 Å². The standard InChI is InChI=1S/C50H52N6S2/c1-39-29-33-45(34-30-39)55-47(53(3)43-25-15-9-16-26-43)48(54(4)44-27-17-10-18-28-44)56(46-35-31-40(2)32-36-46)50(52-42-23-13-8-14-24-42)58-38-20-6-5-19-37-57-49(55)51-41-21-11-7-12-22-41/h7-18,21-36H,5-6,19-20,37-38H2,1-4H3/b48-47-,51-49?,52-50?. The minimum absolute atomic E-state index is 0.891. The van der Waals surface area contributed by atoms with E-state index >= 15 is 0 Å². The number of aliphatic imine (C=N–C) groups is 2. The third-order valence-corrected chi connectivity index (χ3v) is 12.0. The Hall–Kier alpha value is -5.70. The van der Waals surface area contributed by atoms with Crippen LogP contribution in [-0.2, 0) is 0 Å². The van der Waals surface area contributed by atoms with Crippen molar-refractivity contribution in [3.8, 4) is 0 Å². The lowest BCUT2D eigenvalue weighted by atomic mass is 10.2. The van der Waals surface area contributed by atoms with Crippen LogP contribution in [0.1, 0.15) is 36.8 Å². The highest BCUT2D eigenvalue weighted by molar-refractivity contribution is 8.14. The summed E-state index contributed by atoms with van der Waals surface area (Å²) in [6, 6.07) is 59.7. The zero-order chi connectivity index (χ0) is 40.1. The number of rotatable bonds is 8. The van der Waals surface area contributed by atoms with E-state index < -0.39 is 0 Å². The maximum absolute atomic E-state index is 5.53. The first kappa shape index (κ1) is 40.5. The summed E-state index contributed by atoms with van der Waals surface area (Å²) in [4.78, 5) is 20.4. The molecule has 6 aromatic carbocycles. The quantitative estimate of drug-likeness (QED) is 0.153. The van der Waals surface area contributed by atoms with Crippen molar-refractivity contribution < 1.29 is 0 Å². The Bertz CT molecular complexity index is 2110. The summed E-state index contributed by atoms with van der Waals surface area (Å²) in [5, 5.41) is 1.78. The van der Waals surface area contributed by atoms with Crippen LogP contribution < -0.4 is 19.6 Å². The predicted octanol–water partition coefficient (Wildman–Crippen LogP) is 13.4. The predicted molar refractivity (Wildman–Crippen MR) is 254 cm³/mol. The van der Waals surface area contributed by atoms with Crippen molar-refractivity contribution in [1.82, 2.24) is 0 Å². The van der Waals surface area contributed by atoms with Crippen molar-refractivity contribution in [2.24, 2.45) is 9.98 Å². The number of para-hydroxylation sites is 4. The average Bonchev–Trinajstić information content (AvgIpc) is 3.27. The van der Waals surface area contributed by atoms with Gasteiger partial charge in [-0.15, -0.1) is 0 Å². The summed E-state index contributed by atoms with van der Waals surface area (Å²) < 4.78 is 0. The average molecular weight is 801 g/mol. The Labute approximate surface area is 353 Å². The molecule has 0 saturated carbocycles. The van der Waals surface area contributed by atoms with E-state index in [0.717, 1.165) is 93.3 Å². The van der Waals surface area contributed by atoms with E-state index in [0.29, 0.717) is 0 Å². The van der Waals surface area contributed by atoms with Gasteiger partial charge in [-0.2, -0.15) is 0 Å². The molecule has 1 aliphatic heterocycles. The van der Waals surface area contributed by atoms with Gasteiger partial charge in [0.1, 0.15) is 0 Å². The van der Waals surface area contributed by atoms with E-state index in [1.807, 2.05) is 35.7 Å². The van der Waals surface area contributed by atoms with Crippen LogP contribution in [0.3, 0.4) is 0 Å². The monoisotopic (exact) mass is 800 g/mol. The zero-order valence-electron chi connectivity index (χ0n) is 33.9. The van der Waals surface area contributed by atoms with Gasteiger partial charge in [0.15, 0.2) is 22.0 Å². The Balaban J connectivity index is 1.66. The van der Waals surface area contributed by atoms with Crippen LogP contribution in [0.15, 0.2) is 191 Å². The maximum atomic E-state index is 5.53. The molecule has 0 saturated heterocycles. The summed E-state index contributed by atoms with van der Waals surface area (Å²) in [6.45, 7) is 4.29. The van der Waals surface area contributed by atoms with Gasteiger partial charge in [0.05, 0.1) is 11.4 Å². The molecule has 0 aliphatic carbocycles. The molecule has 6 nitrogen and oxygen atoms in total. The Kier molecular flexibility index (Phi) is 14.1. The van der Waals surface area contributed by atoms with Gasteiger partial charge in [-0.25, -0.2) is 9.98 Å². The van der Waals surface area contributed by atoms with Crippen molar-refractivity contribution in [2.75, 3.05) is 45.2 Å². The van der Waals surface area contributed by atoms with Gasteiger partial charge in [-0.05, 0) is 99.5 Å². The fraction of sp³-hybridized carbons (Fsp3) is 0.200. The highest BCUT2D eigenvalue weighted by atomic mass is 32.2. The maximum Gasteiger partial charge on any atom is 0.174 e. The number of anilines is 4. The van der Waals surface area contributed by atoms with E-state index in [9.17, 15) is 0 Å². The summed E-state index contributed by atoms with van der Waals surface area (Å²) >= 11 is 3.64. The molecule has 1 heterocycles. The lowest BCUT2D eigenvalue weighted by Gasteiger charge is -2.42. The van der Waals surface area contributed by atoms with Gasteiger partial charge in [-0.3, -0.25) is 9.80 Å². The van der Waals surface area contributed by atoms with Crippen LogP contribution in [0, 0.1) is 13.8 Å². The number of amidine groups is 2. The highest BCUT2D eigenvalue weighted by Crippen LogP contribution is 2.39. The number of thioether (sulfide) groups is 2. The molecular formula is C50H52N6S2. The number of nitrogens with zero attached hydrogens (tertiary/aromatic N) is 6. The van der Waals surface area contributed by atoms with Crippen LogP contribution in [0.4, 0.5) is 34.1 Å². The molecule has 0 atom stereocenters. The lowest BCUT2D eigenvalue weighted by Crippen LogP contribution is -2.46. The van der Waals surface area contributed by atoms with Crippen molar-refractivity contribution in [3.63, 3.8) is 0 Å². The molecule has 0 radical (unpaired) electrons. The van der Waals surface area contributed by atoms with Crippen LogP contribution >= 0.6 is 23.5 Å². The van der Waals surface area contributed by atoms with Gasteiger partial charge in [-0.1, -0.05) is 145 Å². The molecule has 58 heavy (non-hydrogen) atoms. The number of aryl methyl sites for hydroxylation is 2. The lowest BCUT2D eigenvalue weighted by molar-refractivity contribution is 0.712. The van der Waals surface area contributed by atoms with Gasteiger partial charge < -0.3 is 9.80 Å². The molecule has 0 fully saturated rings. The smallest absolute Gasteiger partial charge is 0.174 e. The summed E-state index contributed by atoms with van der Waals surface area (Å²) in [6.07, 6.45) is 4.49. The first-order valence-electron chi connectivity index (χ1n) is 20.0. The van der Waals surface area contributed by atoms with Gasteiger partial charge in [0, 0.05) is 48.4 Å². The van der Waals surface area contributed by atoms with Crippen molar-refractivity contribution in [2.45, 2.75) is 39.5 Å². The second-order valence-electron chi connectivity index (χ2n) is 14.3. The molecule has 0 N–H and O–H groups in total. The summed E-state index contributed by atoms with van der Waals surface area (Å²) in [5.74, 6) is 3.72. The molecule has 0 bridgehead atoms. The van der Waals surface area contributed by atoms with Gasteiger partial charge >= 0.3 is 0 Å². The first-order valence-corrected chi connectivity index (χ1v) is 22.0. The van der Waals surface area contributed by atoms with Crippen LogP contribution in [0.5, 0.6) is 0 Å². The van der Waals surface area contributed by atoms with E-state index in [-0.39, 0.29) is 0 Å². The number of benzene rings is 6. The second-order valence-corrected chi connectivity index (χ2v) is 16.5. The Morgan fingerprint density at radius 3 is 1.09 bits per heavy atom. The van der Waals surface area contributed by atoms with Crippen LogP contribution in [0.2, 0.25) is 0 Å². The molecule has 0 amide bonds. The third-order valence-electron chi connectivity index (χ3n) is 9.98. The summed E-state index contributed by atoms with van der Waals surface area (Å²) in [7, 11) is 4.35. The molecule has 0 spiro atoms. The normalized spacial score (nSPS) is 17.2. The molecule has 8 heteroatoms. The van der Waals surface area contributed by atoms with Crippen LogP contribution in [-0.4, -0.2) is 35.9 Å². The molecule has 6 aromatic rings. The largest absolute Gasteiger partial charge is 0.327 e. The molecule has 0 aromatic heterocycles. The zero-order valence-corrected chi connectivity index (χ0v) is 35.5. The number of hydrogen-bond donors (Lipinski definition) is 0. The Morgan fingerprint density at radius 1 is 0.414 bits per heavy atom. The molecule has 294 valence electrons. The second kappa shape index (κ2) is 20.1. The minimum atomic E-state index is 0.891.